The summed E-state index contributed by atoms with van der Waals surface area (Å²) in [6, 6.07) is 3.36. The van der Waals surface area contributed by atoms with Crippen molar-refractivity contribution < 1.29 is 4.39 Å². The minimum Gasteiger partial charge on any atom is -0.387 e. The number of nitrogens with one attached hydrogen (secondary N) is 1. The molecule has 0 amide bonds. The maximum Gasteiger partial charge on any atom is 0.168 e. The molecule has 0 atom stereocenters. The third-order valence-corrected chi connectivity index (χ3v) is 3.27. The third kappa shape index (κ3) is 1.84. The second kappa shape index (κ2) is 4.49. The number of nitrogens with zero attached hydrogens (tertiary/aromatic N) is 1. The summed E-state index contributed by atoms with van der Waals surface area (Å²) >= 11 is 5.78. The molecule has 0 fully saturated rings. The van der Waals surface area contributed by atoms with Gasteiger partial charge in [0.15, 0.2) is 5.82 Å². The lowest BCUT2D eigenvalue weighted by molar-refractivity contribution is 0.636. The van der Waals surface area contributed by atoms with Crippen molar-refractivity contribution in [2.24, 2.45) is 0 Å². The Morgan fingerprint density at radius 3 is 2.71 bits per heavy atom. The molecule has 90 valence electrons. The average molecular weight is 253 g/mol. The summed E-state index contributed by atoms with van der Waals surface area (Å²) < 4.78 is 13.9. The van der Waals surface area contributed by atoms with Crippen molar-refractivity contribution in [3.63, 3.8) is 0 Å². The number of hydrogen-bond donors (Lipinski definition) is 1. The van der Waals surface area contributed by atoms with Crippen LogP contribution in [0.2, 0.25) is 5.02 Å². The van der Waals surface area contributed by atoms with Crippen LogP contribution in [0.4, 0.5) is 10.1 Å². The van der Waals surface area contributed by atoms with Crippen LogP contribution in [0.5, 0.6) is 0 Å². The van der Waals surface area contributed by atoms with E-state index in [2.05, 4.69) is 10.3 Å². The molecule has 0 saturated heterocycles. The van der Waals surface area contributed by atoms with Crippen molar-refractivity contribution >= 4 is 28.2 Å². The van der Waals surface area contributed by atoms with Crippen LogP contribution in [0, 0.1) is 12.7 Å². The van der Waals surface area contributed by atoms with E-state index in [1.54, 1.807) is 12.1 Å². The van der Waals surface area contributed by atoms with Crippen molar-refractivity contribution in [2.45, 2.75) is 20.3 Å². The number of anilines is 1. The van der Waals surface area contributed by atoms with E-state index in [1.165, 1.54) is 0 Å². The zero-order chi connectivity index (χ0) is 12.6. The Bertz CT molecular complexity index is 581. The molecule has 0 aliphatic carbocycles. The summed E-state index contributed by atoms with van der Waals surface area (Å²) in [6.45, 7) is 3.99. The topological polar surface area (TPSA) is 24.9 Å². The first-order chi connectivity index (χ1) is 8.10. The summed E-state index contributed by atoms with van der Waals surface area (Å²) in [4.78, 5) is 4.36. The van der Waals surface area contributed by atoms with Crippen molar-refractivity contribution in [2.75, 3.05) is 12.4 Å². The lowest BCUT2D eigenvalue weighted by Crippen LogP contribution is -2.02. The summed E-state index contributed by atoms with van der Waals surface area (Å²) in [5, 5.41) is 3.99. The zero-order valence-electron chi connectivity index (χ0n) is 10.1. The molecule has 2 aromatic rings. The van der Waals surface area contributed by atoms with E-state index in [-0.39, 0.29) is 5.02 Å². The fourth-order valence-electron chi connectivity index (χ4n) is 2.08. The quantitative estimate of drug-likeness (QED) is 0.876. The molecule has 2 nitrogen and oxygen atoms in total. The van der Waals surface area contributed by atoms with Crippen molar-refractivity contribution in [3.05, 3.63) is 34.2 Å². The lowest BCUT2D eigenvalue weighted by Gasteiger charge is -2.13. The standard InChI is InChI=1S/C13H14ClFN2/c1-4-10-7(2)12(16-3)8-5-6-9(14)11(15)13(8)17-10/h5-6H,4H2,1-3H3,(H,16,17). The van der Waals surface area contributed by atoms with Crippen LogP contribution in [-0.4, -0.2) is 12.0 Å². The number of hydrogen-bond acceptors (Lipinski definition) is 2. The monoisotopic (exact) mass is 252 g/mol. The summed E-state index contributed by atoms with van der Waals surface area (Å²) in [7, 11) is 1.83. The van der Waals surface area contributed by atoms with Crippen LogP contribution in [0.1, 0.15) is 18.2 Å². The van der Waals surface area contributed by atoms with Crippen LogP contribution in [-0.2, 0) is 6.42 Å². The Morgan fingerprint density at radius 2 is 2.12 bits per heavy atom. The minimum atomic E-state index is -0.449. The molecule has 0 radical (unpaired) electrons. The van der Waals surface area contributed by atoms with Gasteiger partial charge in [0.05, 0.1) is 5.02 Å². The highest BCUT2D eigenvalue weighted by Gasteiger charge is 2.14. The maximum atomic E-state index is 13.9. The maximum absolute atomic E-state index is 13.9. The van der Waals surface area contributed by atoms with E-state index >= 15 is 0 Å². The molecule has 0 aliphatic heterocycles. The molecular formula is C13H14ClFN2. The molecule has 1 N–H and O–H groups in total. The summed E-state index contributed by atoms with van der Waals surface area (Å²) in [5.74, 6) is -0.449. The van der Waals surface area contributed by atoms with Gasteiger partial charge in [0.2, 0.25) is 0 Å². The van der Waals surface area contributed by atoms with Gasteiger partial charge in [0, 0.05) is 23.8 Å². The van der Waals surface area contributed by atoms with Gasteiger partial charge in [-0.3, -0.25) is 0 Å². The van der Waals surface area contributed by atoms with Crippen LogP contribution in [0.25, 0.3) is 10.9 Å². The highest BCUT2D eigenvalue weighted by Crippen LogP contribution is 2.32. The lowest BCUT2D eigenvalue weighted by atomic mass is 10.1. The minimum absolute atomic E-state index is 0.109. The van der Waals surface area contributed by atoms with Crippen LogP contribution in [0.15, 0.2) is 12.1 Å². The van der Waals surface area contributed by atoms with E-state index in [1.807, 2.05) is 20.9 Å². The summed E-state index contributed by atoms with van der Waals surface area (Å²) in [5.41, 5.74) is 3.21. The van der Waals surface area contributed by atoms with Gasteiger partial charge in [-0.2, -0.15) is 0 Å². The molecule has 0 saturated carbocycles. The van der Waals surface area contributed by atoms with Gasteiger partial charge in [-0.05, 0) is 31.0 Å². The van der Waals surface area contributed by atoms with Crippen LogP contribution in [0.3, 0.4) is 0 Å². The fourth-order valence-corrected chi connectivity index (χ4v) is 2.23. The van der Waals surface area contributed by atoms with Crippen LogP contribution >= 0.6 is 11.6 Å². The molecule has 17 heavy (non-hydrogen) atoms. The average Bonchev–Trinajstić information content (AvgIpc) is 2.33. The normalized spacial score (nSPS) is 10.9. The van der Waals surface area contributed by atoms with Gasteiger partial charge in [-0.15, -0.1) is 0 Å². The first-order valence-electron chi connectivity index (χ1n) is 5.55. The predicted octanol–water partition coefficient (Wildman–Crippen LogP) is 3.94. The van der Waals surface area contributed by atoms with Gasteiger partial charge < -0.3 is 5.32 Å². The first kappa shape index (κ1) is 12.1. The Hall–Kier alpha value is -1.35. The fraction of sp³-hybridized carbons (Fsp3) is 0.308. The van der Waals surface area contributed by atoms with Gasteiger partial charge in [-0.25, -0.2) is 9.37 Å². The molecular weight excluding hydrogens is 239 g/mol. The molecule has 4 heteroatoms. The van der Waals surface area contributed by atoms with Gasteiger partial charge in [-0.1, -0.05) is 18.5 Å². The van der Waals surface area contributed by atoms with Gasteiger partial charge >= 0.3 is 0 Å². The predicted molar refractivity (Wildman–Crippen MR) is 70.4 cm³/mol. The Labute approximate surface area is 105 Å². The number of aryl methyl sites for hydroxylation is 1. The Kier molecular flexibility index (Phi) is 3.20. The Morgan fingerprint density at radius 1 is 1.41 bits per heavy atom. The number of fused-ring (bicyclic) bond motifs is 1. The van der Waals surface area contributed by atoms with E-state index in [0.29, 0.717) is 5.52 Å². The molecule has 0 unspecified atom stereocenters. The number of rotatable bonds is 2. The highest BCUT2D eigenvalue weighted by molar-refractivity contribution is 6.31. The molecule has 1 aromatic carbocycles. The van der Waals surface area contributed by atoms with E-state index in [4.69, 9.17) is 11.6 Å². The first-order valence-corrected chi connectivity index (χ1v) is 5.92. The molecule has 0 bridgehead atoms. The summed E-state index contributed by atoms with van der Waals surface area (Å²) in [6.07, 6.45) is 0.766. The smallest absolute Gasteiger partial charge is 0.168 e. The van der Waals surface area contributed by atoms with Gasteiger partial charge in [0.1, 0.15) is 5.52 Å². The zero-order valence-corrected chi connectivity index (χ0v) is 10.8. The number of pyridine rings is 1. The van der Waals surface area contributed by atoms with Gasteiger partial charge in [0.25, 0.3) is 0 Å². The molecule has 2 rings (SSSR count). The number of benzene rings is 1. The molecule has 1 heterocycles. The van der Waals surface area contributed by atoms with E-state index in [0.717, 1.165) is 28.8 Å². The number of aromatic nitrogens is 1. The Balaban J connectivity index is 2.92. The second-order valence-electron chi connectivity index (χ2n) is 3.92. The second-order valence-corrected chi connectivity index (χ2v) is 4.33. The highest BCUT2D eigenvalue weighted by atomic mass is 35.5. The van der Waals surface area contributed by atoms with E-state index in [9.17, 15) is 4.39 Å². The van der Waals surface area contributed by atoms with Crippen molar-refractivity contribution in [3.8, 4) is 0 Å². The SMILES string of the molecule is CCc1nc2c(F)c(Cl)ccc2c(NC)c1C. The largest absolute Gasteiger partial charge is 0.387 e. The molecule has 0 aliphatic rings. The van der Waals surface area contributed by atoms with Crippen molar-refractivity contribution in [1.29, 1.82) is 0 Å². The number of halogens is 2. The van der Waals surface area contributed by atoms with Crippen LogP contribution < -0.4 is 5.32 Å². The van der Waals surface area contributed by atoms with Crippen molar-refractivity contribution in [1.82, 2.24) is 4.98 Å². The third-order valence-electron chi connectivity index (χ3n) is 2.98. The molecule has 0 spiro atoms. The molecule has 1 aromatic heterocycles. The van der Waals surface area contributed by atoms with E-state index < -0.39 is 5.82 Å².